The Balaban J connectivity index is 1.88. The van der Waals surface area contributed by atoms with Crippen LogP contribution < -0.4 is 0 Å². The van der Waals surface area contributed by atoms with E-state index in [4.69, 9.17) is 4.42 Å². The second kappa shape index (κ2) is 6.49. The van der Waals surface area contributed by atoms with Crippen molar-refractivity contribution in [1.29, 1.82) is 0 Å². The summed E-state index contributed by atoms with van der Waals surface area (Å²) in [5.41, 5.74) is 0. The van der Waals surface area contributed by atoms with Gasteiger partial charge in [0.2, 0.25) is 23.6 Å². The topological polar surface area (TPSA) is 79.5 Å². The maximum atomic E-state index is 12.1. The van der Waals surface area contributed by atoms with E-state index in [2.05, 4.69) is 10.2 Å². The Morgan fingerprint density at radius 2 is 2.15 bits per heavy atom. The van der Waals surface area contributed by atoms with Gasteiger partial charge in [0.05, 0.1) is 13.1 Å². The van der Waals surface area contributed by atoms with Crippen molar-refractivity contribution in [2.75, 3.05) is 20.1 Å². The van der Waals surface area contributed by atoms with Crippen LogP contribution in [0, 0.1) is 6.92 Å². The predicted octanol–water partition coefficient (Wildman–Crippen LogP) is 0.739. The van der Waals surface area contributed by atoms with E-state index in [1.807, 2.05) is 0 Å². The first-order valence-electron chi connectivity index (χ1n) is 6.87. The van der Waals surface area contributed by atoms with Crippen molar-refractivity contribution in [3.63, 3.8) is 0 Å². The van der Waals surface area contributed by atoms with Crippen LogP contribution in [0.15, 0.2) is 4.42 Å². The van der Waals surface area contributed by atoms with E-state index in [1.165, 1.54) is 4.90 Å². The Morgan fingerprint density at radius 1 is 1.35 bits per heavy atom. The summed E-state index contributed by atoms with van der Waals surface area (Å²) in [4.78, 5) is 27.1. The molecule has 2 rings (SSSR count). The smallest absolute Gasteiger partial charge is 0.242 e. The molecule has 1 aromatic heterocycles. The molecule has 1 aromatic rings. The molecule has 0 saturated carbocycles. The van der Waals surface area contributed by atoms with Gasteiger partial charge >= 0.3 is 0 Å². The van der Waals surface area contributed by atoms with Crippen LogP contribution in [0.1, 0.15) is 37.5 Å². The molecule has 0 aromatic carbocycles. The summed E-state index contributed by atoms with van der Waals surface area (Å²) in [6.07, 6.45) is 3.47. The lowest BCUT2D eigenvalue weighted by atomic mass is 10.2. The fourth-order valence-corrected chi connectivity index (χ4v) is 2.18. The molecule has 20 heavy (non-hydrogen) atoms. The van der Waals surface area contributed by atoms with Gasteiger partial charge in [-0.1, -0.05) is 6.42 Å². The van der Waals surface area contributed by atoms with Crippen molar-refractivity contribution in [1.82, 2.24) is 20.0 Å². The highest BCUT2D eigenvalue weighted by molar-refractivity contribution is 5.84. The summed E-state index contributed by atoms with van der Waals surface area (Å²) in [6.45, 7) is 2.76. The van der Waals surface area contributed by atoms with Gasteiger partial charge in [0.25, 0.3) is 0 Å². The Morgan fingerprint density at radius 3 is 2.85 bits per heavy atom. The number of nitrogens with zero attached hydrogens (tertiary/aromatic N) is 4. The van der Waals surface area contributed by atoms with Crippen LogP contribution in [-0.2, 0) is 16.1 Å². The summed E-state index contributed by atoms with van der Waals surface area (Å²) in [5.74, 6) is 0.832. The molecule has 1 aliphatic heterocycles. The molecule has 0 N–H and O–H groups in total. The number of aromatic nitrogens is 2. The van der Waals surface area contributed by atoms with Gasteiger partial charge in [0.1, 0.15) is 0 Å². The van der Waals surface area contributed by atoms with E-state index in [1.54, 1.807) is 18.9 Å². The zero-order chi connectivity index (χ0) is 14.5. The Bertz CT molecular complexity index is 486. The van der Waals surface area contributed by atoms with Crippen LogP contribution in [0.5, 0.6) is 0 Å². The number of amides is 2. The lowest BCUT2D eigenvalue weighted by Crippen LogP contribution is -2.41. The molecular formula is C13H20N4O3. The first-order chi connectivity index (χ1) is 9.56. The first-order valence-corrected chi connectivity index (χ1v) is 6.87. The SMILES string of the molecule is Cc1nnc(CN(C)C(=O)CN2CCCCCC2=O)o1. The molecule has 0 unspecified atom stereocenters. The predicted molar refractivity (Wildman–Crippen MR) is 70.6 cm³/mol. The van der Waals surface area contributed by atoms with Crippen molar-refractivity contribution in [2.45, 2.75) is 39.2 Å². The third kappa shape index (κ3) is 3.79. The Hall–Kier alpha value is -1.92. The number of rotatable bonds is 4. The van der Waals surface area contributed by atoms with Gasteiger partial charge in [-0.25, -0.2) is 0 Å². The normalized spacial score (nSPS) is 16.1. The van der Waals surface area contributed by atoms with Gasteiger partial charge < -0.3 is 14.2 Å². The molecule has 2 amide bonds. The van der Waals surface area contributed by atoms with Crippen molar-refractivity contribution in [3.05, 3.63) is 11.8 Å². The lowest BCUT2D eigenvalue weighted by Gasteiger charge is -2.23. The van der Waals surface area contributed by atoms with Crippen LogP contribution in [0.25, 0.3) is 0 Å². The molecule has 110 valence electrons. The van der Waals surface area contributed by atoms with E-state index in [-0.39, 0.29) is 24.9 Å². The number of carbonyl (C=O) groups excluding carboxylic acids is 2. The number of hydrogen-bond acceptors (Lipinski definition) is 5. The van der Waals surface area contributed by atoms with Gasteiger partial charge in [-0.05, 0) is 12.8 Å². The Labute approximate surface area is 117 Å². The summed E-state index contributed by atoms with van der Waals surface area (Å²) < 4.78 is 5.24. The van der Waals surface area contributed by atoms with Crippen molar-refractivity contribution >= 4 is 11.8 Å². The van der Waals surface area contributed by atoms with Crippen molar-refractivity contribution in [3.8, 4) is 0 Å². The number of likely N-dealkylation sites (tertiary alicyclic amines) is 1. The minimum Gasteiger partial charge on any atom is -0.424 e. The van der Waals surface area contributed by atoms with Crippen LogP contribution in [0.2, 0.25) is 0 Å². The van der Waals surface area contributed by atoms with Gasteiger partial charge in [0, 0.05) is 26.9 Å². The average molecular weight is 280 g/mol. The zero-order valence-corrected chi connectivity index (χ0v) is 12.0. The fraction of sp³-hybridized carbons (Fsp3) is 0.692. The highest BCUT2D eigenvalue weighted by atomic mass is 16.4. The summed E-state index contributed by atoms with van der Waals surface area (Å²) in [6, 6.07) is 0. The molecule has 1 aliphatic rings. The summed E-state index contributed by atoms with van der Waals surface area (Å²) in [7, 11) is 1.67. The first kappa shape index (κ1) is 14.5. The maximum absolute atomic E-state index is 12.1. The summed E-state index contributed by atoms with van der Waals surface area (Å²) in [5, 5.41) is 7.57. The second-order valence-electron chi connectivity index (χ2n) is 5.09. The van der Waals surface area contributed by atoms with Crippen LogP contribution >= 0.6 is 0 Å². The standard InChI is InChI=1S/C13H20N4O3/c1-10-14-15-11(20-10)8-16(2)13(19)9-17-7-5-3-4-6-12(17)18/h3-9H2,1-2H3. The van der Waals surface area contributed by atoms with Gasteiger partial charge in [-0.3, -0.25) is 9.59 Å². The molecule has 0 radical (unpaired) electrons. The highest BCUT2D eigenvalue weighted by Crippen LogP contribution is 2.11. The van der Waals surface area contributed by atoms with Gasteiger partial charge in [-0.15, -0.1) is 10.2 Å². The molecule has 1 saturated heterocycles. The van der Waals surface area contributed by atoms with Crippen molar-refractivity contribution < 1.29 is 14.0 Å². The molecule has 1 fully saturated rings. The quantitative estimate of drug-likeness (QED) is 0.812. The molecule has 0 aliphatic carbocycles. The fourth-order valence-electron chi connectivity index (χ4n) is 2.18. The Kier molecular flexibility index (Phi) is 4.70. The molecule has 7 heteroatoms. The third-order valence-electron chi connectivity index (χ3n) is 3.36. The second-order valence-corrected chi connectivity index (χ2v) is 5.09. The van der Waals surface area contributed by atoms with E-state index in [0.717, 1.165) is 19.3 Å². The highest BCUT2D eigenvalue weighted by Gasteiger charge is 2.21. The number of likely N-dealkylation sites (N-methyl/N-ethyl adjacent to an activating group) is 1. The average Bonchev–Trinajstić information content (AvgIpc) is 2.70. The van der Waals surface area contributed by atoms with E-state index >= 15 is 0 Å². The van der Waals surface area contributed by atoms with E-state index in [9.17, 15) is 9.59 Å². The van der Waals surface area contributed by atoms with Crippen LogP contribution in [-0.4, -0.2) is 51.9 Å². The molecular weight excluding hydrogens is 260 g/mol. The zero-order valence-electron chi connectivity index (χ0n) is 12.0. The lowest BCUT2D eigenvalue weighted by molar-refractivity contribution is -0.139. The number of aryl methyl sites for hydroxylation is 1. The minimum absolute atomic E-state index is 0.0675. The third-order valence-corrected chi connectivity index (χ3v) is 3.36. The van der Waals surface area contributed by atoms with Crippen molar-refractivity contribution in [2.24, 2.45) is 0 Å². The minimum atomic E-state index is -0.115. The molecule has 7 nitrogen and oxygen atoms in total. The molecule has 0 atom stereocenters. The molecule has 2 heterocycles. The molecule has 0 bridgehead atoms. The van der Waals surface area contributed by atoms with E-state index < -0.39 is 0 Å². The monoisotopic (exact) mass is 280 g/mol. The van der Waals surface area contributed by atoms with Crippen LogP contribution in [0.3, 0.4) is 0 Å². The number of carbonyl (C=O) groups is 2. The van der Waals surface area contributed by atoms with E-state index in [0.29, 0.717) is 24.7 Å². The van der Waals surface area contributed by atoms with Gasteiger partial charge in [-0.2, -0.15) is 0 Å². The van der Waals surface area contributed by atoms with Crippen LogP contribution in [0.4, 0.5) is 0 Å². The maximum Gasteiger partial charge on any atom is 0.242 e. The molecule has 0 spiro atoms. The number of hydrogen-bond donors (Lipinski definition) is 0. The largest absolute Gasteiger partial charge is 0.424 e. The summed E-state index contributed by atoms with van der Waals surface area (Å²) >= 11 is 0. The van der Waals surface area contributed by atoms with Gasteiger partial charge in [0.15, 0.2) is 0 Å².